The summed E-state index contributed by atoms with van der Waals surface area (Å²) in [5.74, 6) is -0.0923. The van der Waals surface area contributed by atoms with Crippen LogP contribution in [0.25, 0.3) is 0 Å². The number of hydrogen-bond donors (Lipinski definition) is 1. The van der Waals surface area contributed by atoms with Gasteiger partial charge in [-0.15, -0.1) is 0 Å². The Kier molecular flexibility index (Phi) is 5.19. The minimum absolute atomic E-state index is 0.0605. The molecule has 122 valence electrons. The third kappa shape index (κ3) is 3.65. The van der Waals surface area contributed by atoms with Crippen molar-refractivity contribution in [3.05, 3.63) is 35.1 Å². The van der Waals surface area contributed by atoms with Crippen molar-refractivity contribution in [2.24, 2.45) is 5.92 Å². The van der Waals surface area contributed by atoms with Crippen molar-refractivity contribution in [1.82, 2.24) is 9.80 Å². The van der Waals surface area contributed by atoms with E-state index in [1.54, 1.807) is 24.9 Å². The van der Waals surface area contributed by atoms with Crippen LogP contribution in [0.3, 0.4) is 0 Å². The number of carbonyl (C=O) groups is 1. The van der Waals surface area contributed by atoms with Gasteiger partial charge in [-0.2, -0.15) is 0 Å². The third-order valence-corrected chi connectivity index (χ3v) is 4.38. The molecular weight excluding hydrogens is 283 g/mol. The van der Waals surface area contributed by atoms with E-state index in [-0.39, 0.29) is 23.9 Å². The Bertz CT molecular complexity index is 541. The maximum Gasteiger partial charge on any atom is 0.253 e. The lowest BCUT2D eigenvalue weighted by atomic mass is 9.99. The fourth-order valence-corrected chi connectivity index (χ4v) is 2.87. The number of likely N-dealkylation sites (N-methyl/N-ethyl adjacent to an activating group) is 1. The molecule has 1 atom stereocenters. The van der Waals surface area contributed by atoms with Crippen molar-refractivity contribution in [2.75, 3.05) is 26.7 Å². The van der Waals surface area contributed by atoms with E-state index in [1.807, 2.05) is 0 Å². The molecule has 1 aliphatic heterocycles. The maximum atomic E-state index is 13.4. The van der Waals surface area contributed by atoms with Crippen LogP contribution < -0.4 is 0 Å². The fourth-order valence-electron chi connectivity index (χ4n) is 2.87. The van der Waals surface area contributed by atoms with Gasteiger partial charge >= 0.3 is 0 Å². The summed E-state index contributed by atoms with van der Waals surface area (Å²) in [6.07, 6.45) is -0.242. The molecule has 1 saturated heterocycles. The van der Waals surface area contributed by atoms with Crippen molar-refractivity contribution in [3.8, 4) is 0 Å². The van der Waals surface area contributed by atoms with Gasteiger partial charge in [-0.05, 0) is 36.6 Å². The van der Waals surface area contributed by atoms with Crippen LogP contribution in [0.5, 0.6) is 0 Å². The van der Waals surface area contributed by atoms with E-state index in [9.17, 15) is 14.3 Å². The van der Waals surface area contributed by atoms with E-state index in [0.717, 1.165) is 6.54 Å². The van der Waals surface area contributed by atoms with Crippen molar-refractivity contribution < 1.29 is 14.3 Å². The summed E-state index contributed by atoms with van der Waals surface area (Å²) < 4.78 is 13.4. The highest BCUT2D eigenvalue weighted by atomic mass is 19.1. The number of carbonyl (C=O) groups excluding carboxylic acids is 1. The highest BCUT2D eigenvalue weighted by Crippen LogP contribution is 2.19. The standard InChI is InChI=1S/C17H25FN2O2/c1-11(2)16(10-20-8-14(21)9-20)19(4)17(22)13-5-6-15(18)12(3)7-13/h5-7,11,14,16,21H,8-10H2,1-4H3. The predicted molar refractivity (Wildman–Crippen MR) is 84.3 cm³/mol. The summed E-state index contributed by atoms with van der Waals surface area (Å²) in [7, 11) is 1.79. The first-order valence-corrected chi connectivity index (χ1v) is 7.73. The van der Waals surface area contributed by atoms with Gasteiger partial charge in [-0.25, -0.2) is 4.39 Å². The molecule has 1 unspecified atom stereocenters. The zero-order chi connectivity index (χ0) is 16.4. The Morgan fingerprint density at radius 3 is 2.59 bits per heavy atom. The predicted octanol–water partition coefficient (Wildman–Crippen LogP) is 1.91. The molecule has 0 saturated carbocycles. The molecule has 0 bridgehead atoms. The Labute approximate surface area is 131 Å². The molecule has 1 amide bonds. The highest BCUT2D eigenvalue weighted by Gasteiger charge is 2.31. The largest absolute Gasteiger partial charge is 0.390 e. The molecule has 0 radical (unpaired) electrons. The molecule has 22 heavy (non-hydrogen) atoms. The Morgan fingerprint density at radius 1 is 1.45 bits per heavy atom. The van der Waals surface area contributed by atoms with Crippen LogP contribution in [0.1, 0.15) is 29.8 Å². The van der Waals surface area contributed by atoms with Crippen LogP contribution in [0.15, 0.2) is 18.2 Å². The second-order valence-electron chi connectivity index (χ2n) is 6.56. The minimum Gasteiger partial charge on any atom is -0.390 e. The topological polar surface area (TPSA) is 43.8 Å². The van der Waals surface area contributed by atoms with Crippen LogP contribution in [0.2, 0.25) is 0 Å². The van der Waals surface area contributed by atoms with Gasteiger partial charge in [0.15, 0.2) is 0 Å². The highest BCUT2D eigenvalue weighted by molar-refractivity contribution is 5.94. The van der Waals surface area contributed by atoms with Crippen LogP contribution in [-0.2, 0) is 0 Å². The Balaban J connectivity index is 2.09. The minimum atomic E-state index is -0.297. The number of halogens is 1. The number of hydrogen-bond acceptors (Lipinski definition) is 3. The zero-order valence-electron chi connectivity index (χ0n) is 13.7. The molecule has 1 fully saturated rings. The van der Waals surface area contributed by atoms with Gasteiger partial charge in [-0.1, -0.05) is 13.8 Å². The van der Waals surface area contributed by atoms with E-state index >= 15 is 0 Å². The van der Waals surface area contributed by atoms with Gasteiger partial charge in [0.2, 0.25) is 0 Å². The number of nitrogens with zero attached hydrogens (tertiary/aromatic N) is 2. The van der Waals surface area contributed by atoms with E-state index in [4.69, 9.17) is 0 Å². The van der Waals surface area contributed by atoms with Crippen molar-refractivity contribution in [1.29, 1.82) is 0 Å². The Morgan fingerprint density at radius 2 is 2.09 bits per heavy atom. The molecule has 5 heteroatoms. The molecule has 4 nitrogen and oxygen atoms in total. The zero-order valence-corrected chi connectivity index (χ0v) is 13.7. The van der Waals surface area contributed by atoms with Crippen LogP contribution in [0.4, 0.5) is 4.39 Å². The monoisotopic (exact) mass is 308 g/mol. The van der Waals surface area contributed by atoms with Gasteiger partial charge in [-0.3, -0.25) is 9.69 Å². The molecule has 2 rings (SSSR count). The number of aryl methyl sites for hydroxylation is 1. The van der Waals surface area contributed by atoms with E-state index in [0.29, 0.717) is 30.1 Å². The number of rotatable bonds is 5. The number of aliphatic hydroxyl groups is 1. The van der Waals surface area contributed by atoms with E-state index in [2.05, 4.69) is 18.7 Å². The second kappa shape index (κ2) is 6.75. The third-order valence-electron chi connectivity index (χ3n) is 4.38. The normalized spacial score (nSPS) is 17.4. The average molecular weight is 308 g/mol. The molecule has 1 N–H and O–H groups in total. The van der Waals surface area contributed by atoms with E-state index < -0.39 is 0 Å². The molecule has 1 heterocycles. The van der Waals surface area contributed by atoms with Crippen molar-refractivity contribution in [2.45, 2.75) is 32.9 Å². The Hall–Kier alpha value is -1.46. The van der Waals surface area contributed by atoms with Crippen LogP contribution >= 0.6 is 0 Å². The first kappa shape index (κ1) is 16.9. The summed E-state index contributed by atoms with van der Waals surface area (Å²) in [4.78, 5) is 16.5. The van der Waals surface area contributed by atoms with Crippen molar-refractivity contribution >= 4 is 5.91 Å². The lowest BCUT2D eigenvalue weighted by Crippen LogP contribution is -2.57. The van der Waals surface area contributed by atoms with Gasteiger partial charge in [0, 0.05) is 38.3 Å². The molecular formula is C17H25FN2O2. The van der Waals surface area contributed by atoms with Gasteiger partial charge in [0.1, 0.15) is 5.82 Å². The first-order chi connectivity index (χ1) is 10.3. The summed E-state index contributed by atoms with van der Waals surface area (Å²) in [6.45, 7) is 7.91. The summed E-state index contributed by atoms with van der Waals surface area (Å²) >= 11 is 0. The fraction of sp³-hybridized carbons (Fsp3) is 0.588. The molecule has 0 spiro atoms. The number of β-amino-alcohol motifs (C(OH)–C–C–N with tert-alkyl or cyclic N) is 1. The summed E-state index contributed by atoms with van der Waals surface area (Å²) in [5.41, 5.74) is 0.988. The van der Waals surface area contributed by atoms with Crippen LogP contribution in [0, 0.1) is 18.7 Å². The SMILES string of the molecule is Cc1cc(C(=O)N(C)C(CN2CC(O)C2)C(C)C)ccc1F. The molecule has 1 aromatic carbocycles. The number of amides is 1. The summed E-state index contributed by atoms with van der Waals surface area (Å²) in [6, 6.07) is 4.53. The van der Waals surface area contributed by atoms with Gasteiger partial charge < -0.3 is 10.0 Å². The maximum absolute atomic E-state index is 13.4. The summed E-state index contributed by atoms with van der Waals surface area (Å²) in [5, 5.41) is 9.39. The molecule has 1 aromatic rings. The van der Waals surface area contributed by atoms with Crippen molar-refractivity contribution in [3.63, 3.8) is 0 Å². The molecule has 0 aliphatic carbocycles. The molecule has 1 aliphatic rings. The number of benzene rings is 1. The second-order valence-corrected chi connectivity index (χ2v) is 6.56. The molecule has 0 aromatic heterocycles. The van der Waals surface area contributed by atoms with E-state index in [1.165, 1.54) is 12.1 Å². The first-order valence-electron chi connectivity index (χ1n) is 7.73. The van der Waals surface area contributed by atoms with Gasteiger partial charge in [0.25, 0.3) is 5.91 Å². The lowest BCUT2D eigenvalue weighted by Gasteiger charge is -2.41. The average Bonchev–Trinajstić information content (AvgIpc) is 2.43. The van der Waals surface area contributed by atoms with Gasteiger partial charge in [0.05, 0.1) is 6.10 Å². The smallest absolute Gasteiger partial charge is 0.253 e. The number of likely N-dealkylation sites (tertiary alicyclic amines) is 1. The lowest BCUT2D eigenvalue weighted by molar-refractivity contribution is -0.0152. The van der Waals surface area contributed by atoms with Crippen LogP contribution in [-0.4, -0.2) is 59.6 Å². The quantitative estimate of drug-likeness (QED) is 0.903. The number of aliphatic hydroxyl groups excluding tert-OH is 1.